The Hall–Kier alpha value is -1.12. The molecular weight excluding hydrogens is 250 g/mol. The summed E-state index contributed by atoms with van der Waals surface area (Å²) in [7, 11) is 0. The summed E-state index contributed by atoms with van der Waals surface area (Å²) in [4.78, 5) is 2.82. The minimum absolute atomic E-state index is 0.734. The van der Waals surface area contributed by atoms with Crippen LogP contribution in [0.1, 0.15) is 31.1 Å². The van der Waals surface area contributed by atoms with Crippen molar-refractivity contribution in [2.24, 2.45) is 5.92 Å². The molecule has 0 saturated heterocycles. The van der Waals surface area contributed by atoms with E-state index in [2.05, 4.69) is 54.7 Å². The van der Waals surface area contributed by atoms with E-state index in [-0.39, 0.29) is 0 Å². The lowest BCUT2D eigenvalue weighted by Gasteiger charge is -2.10. The van der Waals surface area contributed by atoms with Gasteiger partial charge >= 0.3 is 0 Å². The normalized spacial score (nSPS) is 22.8. The zero-order valence-electron chi connectivity index (χ0n) is 11.4. The maximum absolute atomic E-state index is 3.70. The van der Waals surface area contributed by atoms with Crippen molar-refractivity contribution in [2.75, 3.05) is 0 Å². The van der Waals surface area contributed by atoms with Gasteiger partial charge in [0, 0.05) is 22.3 Å². The van der Waals surface area contributed by atoms with E-state index in [1.807, 2.05) is 11.3 Å². The fraction of sp³-hybridized carbons (Fsp3) is 0.412. The standard InChI is InChI=1S/C17H21NS/c1-13-7-8-15(11-13)18-12-16-9-10-17(19-16)14-5-3-2-4-6-14/h2-6,9-10,13,15,18H,7-8,11-12H2,1H3. The molecule has 0 aliphatic heterocycles. The van der Waals surface area contributed by atoms with Crippen molar-refractivity contribution in [1.29, 1.82) is 0 Å². The Morgan fingerprint density at radius 1 is 1.11 bits per heavy atom. The number of benzene rings is 1. The smallest absolute Gasteiger partial charge is 0.0346 e. The third kappa shape index (κ3) is 3.26. The van der Waals surface area contributed by atoms with E-state index >= 15 is 0 Å². The van der Waals surface area contributed by atoms with Gasteiger partial charge < -0.3 is 5.32 Å². The van der Waals surface area contributed by atoms with Crippen molar-refractivity contribution in [3.8, 4) is 10.4 Å². The first-order valence-corrected chi connectivity index (χ1v) is 8.00. The molecule has 2 unspecified atom stereocenters. The fourth-order valence-corrected chi connectivity index (χ4v) is 3.83. The van der Waals surface area contributed by atoms with Crippen LogP contribution in [-0.2, 0) is 6.54 Å². The van der Waals surface area contributed by atoms with Gasteiger partial charge in [-0.3, -0.25) is 0 Å². The second-order valence-corrected chi connectivity index (χ2v) is 6.80. The van der Waals surface area contributed by atoms with Crippen molar-refractivity contribution >= 4 is 11.3 Å². The lowest BCUT2D eigenvalue weighted by atomic mass is 10.1. The van der Waals surface area contributed by atoms with Crippen molar-refractivity contribution < 1.29 is 0 Å². The monoisotopic (exact) mass is 271 g/mol. The van der Waals surface area contributed by atoms with E-state index in [0.29, 0.717) is 0 Å². The average Bonchev–Trinajstić information content (AvgIpc) is 3.06. The Morgan fingerprint density at radius 2 is 1.95 bits per heavy atom. The van der Waals surface area contributed by atoms with Gasteiger partial charge in [0.25, 0.3) is 0 Å². The summed E-state index contributed by atoms with van der Waals surface area (Å²) in [5.41, 5.74) is 1.33. The Morgan fingerprint density at radius 3 is 2.68 bits per heavy atom. The minimum atomic E-state index is 0.734. The van der Waals surface area contributed by atoms with Crippen LogP contribution in [-0.4, -0.2) is 6.04 Å². The fourth-order valence-electron chi connectivity index (χ4n) is 2.87. The highest BCUT2D eigenvalue weighted by Gasteiger charge is 2.20. The summed E-state index contributed by atoms with van der Waals surface area (Å²) < 4.78 is 0. The maximum atomic E-state index is 3.70. The van der Waals surface area contributed by atoms with E-state index < -0.39 is 0 Å². The van der Waals surface area contributed by atoms with Crippen LogP contribution in [0.25, 0.3) is 10.4 Å². The summed E-state index contributed by atoms with van der Waals surface area (Å²) in [5, 5.41) is 3.70. The number of hydrogen-bond donors (Lipinski definition) is 1. The van der Waals surface area contributed by atoms with Crippen LogP contribution >= 0.6 is 11.3 Å². The molecule has 2 atom stereocenters. The Labute approximate surface area is 119 Å². The van der Waals surface area contributed by atoms with Gasteiger partial charge in [-0.25, -0.2) is 0 Å². The van der Waals surface area contributed by atoms with Gasteiger partial charge in [-0.1, -0.05) is 37.3 Å². The molecule has 1 aromatic heterocycles. The SMILES string of the molecule is CC1CCC(NCc2ccc(-c3ccccc3)s2)C1. The van der Waals surface area contributed by atoms with E-state index in [1.54, 1.807) is 0 Å². The lowest BCUT2D eigenvalue weighted by molar-refractivity contribution is 0.504. The molecule has 0 bridgehead atoms. The van der Waals surface area contributed by atoms with Crippen molar-refractivity contribution in [2.45, 2.75) is 38.8 Å². The van der Waals surface area contributed by atoms with Crippen molar-refractivity contribution in [3.05, 3.63) is 47.3 Å². The van der Waals surface area contributed by atoms with Crippen LogP contribution in [0, 0.1) is 5.92 Å². The van der Waals surface area contributed by atoms with Crippen molar-refractivity contribution in [1.82, 2.24) is 5.32 Å². The van der Waals surface area contributed by atoms with Crippen LogP contribution in [0.5, 0.6) is 0 Å². The molecule has 19 heavy (non-hydrogen) atoms. The van der Waals surface area contributed by atoms with Gasteiger partial charge in [0.05, 0.1) is 0 Å². The van der Waals surface area contributed by atoms with E-state index in [9.17, 15) is 0 Å². The highest BCUT2D eigenvalue weighted by molar-refractivity contribution is 7.15. The summed E-state index contributed by atoms with van der Waals surface area (Å²) in [6, 6.07) is 15.9. The van der Waals surface area contributed by atoms with Crippen molar-refractivity contribution in [3.63, 3.8) is 0 Å². The predicted molar refractivity (Wildman–Crippen MR) is 83.4 cm³/mol. The third-order valence-electron chi connectivity index (χ3n) is 3.98. The molecule has 2 aromatic rings. The number of nitrogens with one attached hydrogen (secondary N) is 1. The molecule has 1 saturated carbocycles. The molecule has 2 heteroatoms. The van der Waals surface area contributed by atoms with Crippen LogP contribution in [0.3, 0.4) is 0 Å². The van der Waals surface area contributed by atoms with Gasteiger partial charge in [0.15, 0.2) is 0 Å². The van der Waals surface area contributed by atoms with Gasteiger partial charge in [0.2, 0.25) is 0 Å². The number of hydrogen-bond acceptors (Lipinski definition) is 2. The van der Waals surface area contributed by atoms with Crippen LogP contribution in [0.4, 0.5) is 0 Å². The second kappa shape index (κ2) is 5.89. The topological polar surface area (TPSA) is 12.0 Å². The van der Waals surface area contributed by atoms with Crippen LogP contribution < -0.4 is 5.32 Å². The molecule has 1 heterocycles. The quantitative estimate of drug-likeness (QED) is 0.850. The Kier molecular flexibility index (Phi) is 4.00. The molecular formula is C17H21NS. The van der Waals surface area contributed by atoms with Crippen LogP contribution in [0.15, 0.2) is 42.5 Å². The molecule has 100 valence electrons. The minimum Gasteiger partial charge on any atom is -0.309 e. The predicted octanol–water partition coefficient (Wildman–Crippen LogP) is 4.69. The zero-order chi connectivity index (χ0) is 13.1. The largest absolute Gasteiger partial charge is 0.309 e. The first-order valence-electron chi connectivity index (χ1n) is 7.19. The summed E-state index contributed by atoms with van der Waals surface area (Å²) in [5.74, 6) is 0.903. The molecule has 1 N–H and O–H groups in total. The molecule has 0 spiro atoms. The van der Waals surface area contributed by atoms with E-state index in [1.165, 1.54) is 34.6 Å². The second-order valence-electron chi connectivity index (χ2n) is 5.63. The molecule has 0 radical (unpaired) electrons. The first kappa shape index (κ1) is 12.9. The molecule has 1 nitrogen and oxygen atoms in total. The van der Waals surface area contributed by atoms with Gasteiger partial charge in [-0.15, -0.1) is 11.3 Å². The maximum Gasteiger partial charge on any atom is 0.0346 e. The molecule has 0 amide bonds. The molecule has 3 rings (SSSR count). The third-order valence-corrected chi connectivity index (χ3v) is 5.11. The zero-order valence-corrected chi connectivity index (χ0v) is 12.2. The lowest BCUT2D eigenvalue weighted by Crippen LogP contribution is -2.25. The highest BCUT2D eigenvalue weighted by atomic mass is 32.1. The average molecular weight is 271 g/mol. The Bertz CT molecular complexity index is 517. The van der Waals surface area contributed by atoms with Gasteiger partial charge in [-0.05, 0) is 42.9 Å². The number of rotatable bonds is 4. The van der Waals surface area contributed by atoms with E-state index in [0.717, 1.165) is 18.5 Å². The molecule has 1 aliphatic carbocycles. The highest BCUT2D eigenvalue weighted by Crippen LogP contribution is 2.29. The molecule has 1 fully saturated rings. The molecule has 1 aromatic carbocycles. The van der Waals surface area contributed by atoms with Gasteiger partial charge in [0.1, 0.15) is 0 Å². The summed E-state index contributed by atoms with van der Waals surface area (Å²) in [6.45, 7) is 3.38. The Balaban J connectivity index is 1.59. The van der Waals surface area contributed by atoms with Crippen LogP contribution in [0.2, 0.25) is 0 Å². The summed E-state index contributed by atoms with van der Waals surface area (Å²) >= 11 is 1.91. The molecule has 1 aliphatic rings. The van der Waals surface area contributed by atoms with E-state index in [4.69, 9.17) is 0 Å². The first-order chi connectivity index (χ1) is 9.31. The summed E-state index contributed by atoms with van der Waals surface area (Å²) in [6.07, 6.45) is 4.08. The van der Waals surface area contributed by atoms with Gasteiger partial charge in [-0.2, -0.15) is 0 Å². The number of thiophene rings is 1.